The minimum Gasteiger partial charge on any atom is -0.394 e. The van der Waals surface area contributed by atoms with Gasteiger partial charge in [-0.1, -0.05) is 0 Å². The van der Waals surface area contributed by atoms with Gasteiger partial charge in [-0.25, -0.2) is 4.79 Å². The van der Waals surface area contributed by atoms with E-state index in [-0.39, 0.29) is 0 Å². The standard InChI is InChI=1S/C11H13F3N2O7/c1-16-9(23-11(12,13)14)4(8(20)15-10(16)21)7-6(19)5(18)3(2-17)22-7/h3,5-7,17-19H,2H2,1H3,(H,15,20,21)/t3-,5-,6-,7+/m1/s1. The first-order valence-electron chi connectivity index (χ1n) is 6.28. The third-order valence-electron chi connectivity index (χ3n) is 3.34. The summed E-state index contributed by atoms with van der Waals surface area (Å²) >= 11 is 0. The molecule has 1 aliphatic heterocycles. The highest BCUT2D eigenvalue weighted by Gasteiger charge is 2.47. The molecule has 12 heteroatoms. The Morgan fingerprint density at radius 3 is 2.39 bits per heavy atom. The van der Waals surface area contributed by atoms with Gasteiger partial charge in [-0.3, -0.25) is 14.3 Å². The Balaban J connectivity index is 2.60. The van der Waals surface area contributed by atoms with Gasteiger partial charge in [0.25, 0.3) is 5.56 Å². The SMILES string of the molecule is Cn1c(OC(F)(F)F)c([C@@H]2O[C@H](CO)[C@@H](O)[C@H]2O)c(=O)[nH]c1=O. The summed E-state index contributed by atoms with van der Waals surface area (Å²) in [7, 11) is 0.907. The molecule has 4 atom stereocenters. The lowest BCUT2D eigenvalue weighted by molar-refractivity contribution is -0.278. The zero-order chi connectivity index (χ0) is 17.5. The van der Waals surface area contributed by atoms with Crippen molar-refractivity contribution < 1.29 is 38.0 Å². The molecular weight excluding hydrogens is 329 g/mol. The van der Waals surface area contributed by atoms with Gasteiger partial charge >= 0.3 is 12.1 Å². The summed E-state index contributed by atoms with van der Waals surface area (Å²) in [5.74, 6) is -1.18. The summed E-state index contributed by atoms with van der Waals surface area (Å²) in [5, 5.41) is 28.5. The number of aliphatic hydroxyl groups excluding tert-OH is 3. The Kier molecular flexibility index (Phi) is 4.52. The predicted octanol–water partition coefficient (Wildman–Crippen LogP) is -1.87. The Hall–Kier alpha value is -1.89. The van der Waals surface area contributed by atoms with E-state index in [1.807, 2.05) is 0 Å². The number of rotatable bonds is 3. The smallest absolute Gasteiger partial charge is 0.394 e. The lowest BCUT2D eigenvalue weighted by Gasteiger charge is -2.20. The predicted molar refractivity (Wildman–Crippen MR) is 65.7 cm³/mol. The number of aromatic nitrogens is 2. The van der Waals surface area contributed by atoms with Crippen molar-refractivity contribution in [2.24, 2.45) is 7.05 Å². The topological polar surface area (TPSA) is 134 Å². The van der Waals surface area contributed by atoms with E-state index in [0.717, 1.165) is 7.05 Å². The molecule has 0 radical (unpaired) electrons. The second-order valence-electron chi connectivity index (χ2n) is 4.84. The van der Waals surface area contributed by atoms with Crippen LogP contribution >= 0.6 is 0 Å². The molecular formula is C11H13F3N2O7. The maximum atomic E-state index is 12.5. The first-order chi connectivity index (χ1) is 10.6. The molecule has 9 nitrogen and oxygen atoms in total. The highest BCUT2D eigenvalue weighted by molar-refractivity contribution is 5.29. The average Bonchev–Trinajstić information content (AvgIpc) is 2.71. The fourth-order valence-corrected chi connectivity index (χ4v) is 2.24. The van der Waals surface area contributed by atoms with Crippen molar-refractivity contribution in [2.45, 2.75) is 30.8 Å². The van der Waals surface area contributed by atoms with Crippen molar-refractivity contribution >= 4 is 0 Å². The van der Waals surface area contributed by atoms with Crippen molar-refractivity contribution in [1.82, 2.24) is 9.55 Å². The summed E-state index contributed by atoms with van der Waals surface area (Å²) in [6.07, 6.45) is -11.7. The number of halogens is 3. The molecule has 0 aliphatic carbocycles. The fourth-order valence-electron chi connectivity index (χ4n) is 2.24. The van der Waals surface area contributed by atoms with Gasteiger partial charge in [-0.15, -0.1) is 13.2 Å². The van der Waals surface area contributed by atoms with E-state index in [1.165, 1.54) is 0 Å². The molecule has 1 aromatic heterocycles. The maximum Gasteiger partial charge on any atom is 0.574 e. The minimum absolute atomic E-state index is 0.374. The number of ether oxygens (including phenoxy) is 2. The Bertz CT molecular complexity index is 698. The van der Waals surface area contributed by atoms with Gasteiger partial charge in [0.2, 0.25) is 5.88 Å². The van der Waals surface area contributed by atoms with Crippen LogP contribution in [0.5, 0.6) is 5.88 Å². The van der Waals surface area contributed by atoms with Crippen molar-refractivity contribution in [3.8, 4) is 5.88 Å². The van der Waals surface area contributed by atoms with Gasteiger partial charge in [0.05, 0.1) is 6.61 Å². The molecule has 4 N–H and O–H groups in total. The van der Waals surface area contributed by atoms with Gasteiger partial charge in [-0.2, -0.15) is 0 Å². The first kappa shape index (κ1) is 17.5. The second kappa shape index (κ2) is 5.96. The van der Waals surface area contributed by atoms with Gasteiger partial charge in [0.1, 0.15) is 30.0 Å². The lowest BCUT2D eigenvalue weighted by Crippen LogP contribution is -2.38. The van der Waals surface area contributed by atoms with Crippen LogP contribution in [-0.4, -0.2) is 56.2 Å². The Morgan fingerprint density at radius 1 is 1.30 bits per heavy atom. The van der Waals surface area contributed by atoms with Gasteiger partial charge in [-0.05, 0) is 0 Å². The molecule has 0 unspecified atom stereocenters. The largest absolute Gasteiger partial charge is 0.574 e. The summed E-state index contributed by atoms with van der Waals surface area (Å²) < 4.78 is 46.7. The zero-order valence-electron chi connectivity index (χ0n) is 11.6. The molecule has 0 aromatic carbocycles. The summed E-state index contributed by atoms with van der Waals surface area (Å²) in [5.41, 5.74) is -3.28. The summed E-state index contributed by atoms with van der Waals surface area (Å²) in [6, 6.07) is 0. The number of aromatic amines is 1. The van der Waals surface area contributed by atoms with Crippen LogP contribution in [0.3, 0.4) is 0 Å². The van der Waals surface area contributed by atoms with E-state index in [0.29, 0.717) is 4.57 Å². The van der Waals surface area contributed by atoms with Gasteiger partial charge in [0, 0.05) is 7.05 Å². The van der Waals surface area contributed by atoms with E-state index in [2.05, 4.69) is 4.74 Å². The molecule has 130 valence electrons. The van der Waals surface area contributed by atoms with E-state index in [4.69, 9.17) is 9.84 Å². The van der Waals surface area contributed by atoms with Crippen LogP contribution in [0.15, 0.2) is 9.59 Å². The molecule has 2 heterocycles. The maximum absolute atomic E-state index is 12.5. The third kappa shape index (κ3) is 3.24. The summed E-state index contributed by atoms with van der Waals surface area (Å²) in [6.45, 7) is -0.742. The van der Waals surface area contributed by atoms with E-state index >= 15 is 0 Å². The third-order valence-corrected chi connectivity index (χ3v) is 3.34. The van der Waals surface area contributed by atoms with Gasteiger partial charge in [0.15, 0.2) is 0 Å². The highest BCUT2D eigenvalue weighted by atomic mass is 19.4. The van der Waals surface area contributed by atoms with Crippen LogP contribution in [0.1, 0.15) is 11.7 Å². The van der Waals surface area contributed by atoms with Crippen LogP contribution in [0.25, 0.3) is 0 Å². The monoisotopic (exact) mass is 342 g/mol. The normalized spacial score (nSPS) is 28.1. The van der Waals surface area contributed by atoms with Crippen LogP contribution in [-0.2, 0) is 11.8 Å². The van der Waals surface area contributed by atoms with Crippen molar-refractivity contribution in [3.05, 3.63) is 26.4 Å². The van der Waals surface area contributed by atoms with Crippen molar-refractivity contribution in [2.75, 3.05) is 6.61 Å². The number of alkyl halides is 3. The zero-order valence-corrected chi connectivity index (χ0v) is 11.6. The second-order valence-corrected chi connectivity index (χ2v) is 4.84. The minimum atomic E-state index is -5.22. The highest BCUT2D eigenvalue weighted by Crippen LogP contribution is 2.36. The van der Waals surface area contributed by atoms with Gasteiger partial charge < -0.3 is 24.8 Å². The number of H-pyrrole nitrogens is 1. The summed E-state index contributed by atoms with van der Waals surface area (Å²) in [4.78, 5) is 25.1. The molecule has 0 amide bonds. The Morgan fingerprint density at radius 2 is 1.91 bits per heavy atom. The Labute approximate surface area is 125 Å². The van der Waals surface area contributed by atoms with E-state index < -0.39 is 60.1 Å². The lowest BCUT2D eigenvalue weighted by atomic mass is 10.0. The number of nitrogens with one attached hydrogen (secondary N) is 1. The van der Waals surface area contributed by atoms with Crippen LogP contribution in [0, 0.1) is 0 Å². The number of hydrogen-bond donors (Lipinski definition) is 4. The quantitative estimate of drug-likeness (QED) is 0.505. The molecule has 2 rings (SSSR count). The molecule has 0 spiro atoms. The average molecular weight is 342 g/mol. The van der Waals surface area contributed by atoms with Crippen molar-refractivity contribution in [1.29, 1.82) is 0 Å². The molecule has 1 aliphatic rings. The molecule has 0 saturated carbocycles. The number of hydrogen-bond acceptors (Lipinski definition) is 7. The van der Waals surface area contributed by atoms with Crippen molar-refractivity contribution in [3.63, 3.8) is 0 Å². The molecule has 23 heavy (non-hydrogen) atoms. The number of aliphatic hydroxyl groups is 3. The van der Waals surface area contributed by atoms with Crippen LogP contribution < -0.4 is 16.0 Å². The fraction of sp³-hybridized carbons (Fsp3) is 0.636. The molecule has 1 fully saturated rings. The van der Waals surface area contributed by atoms with Crippen LogP contribution in [0.2, 0.25) is 0 Å². The van der Waals surface area contributed by atoms with Crippen LogP contribution in [0.4, 0.5) is 13.2 Å². The van der Waals surface area contributed by atoms with E-state index in [9.17, 15) is 33.0 Å². The van der Waals surface area contributed by atoms with E-state index in [1.54, 1.807) is 4.98 Å². The molecule has 1 saturated heterocycles. The molecule has 0 bridgehead atoms. The molecule has 1 aromatic rings. The number of nitrogens with zero attached hydrogens (tertiary/aromatic N) is 1. The first-order valence-corrected chi connectivity index (χ1v) is 6.28.